The number of rotatable bonds is 8. The Balaban J connectivity index is 1.95. The van der Waals surface area contributed by atoms with E-state index in [-0.39, 0.29) is 5.91 Å². The third-order valence-corrected chi connectivity index (χ3v) is 4.95. The van der Waals surface area contributed by atoms with Crippen molar-refractivity contribution in [2.24, 2.45) is 0 Å². The molecule has 5 nitrogen and oxygen atoms in total. The fourth-order valence-corrected chi connectivity index (χ4v) is 3.48. The number of nitrogens with zero attached hydrogens (tertiary/aromatic N) is 1. The first-order valence-corrected chi connectivity index (χ1v) is 9.82. The highest BCUT2D eigenvalue weighted by Gasteiger charge is 2.24. The number of nitrogens with one attached hydrogen (secondary N) is 1. The van der Waals surface area contributed by atoms with E-state index in [9.17, 15) is 9.59 Å². The zero-order valence-electron chi connectivity index (χ0n) is 16.4. The third kappa shape index (κ3) is 4.30. The molecule has 0 saturated heterocycles. The number of carbonyl (C=O) groups excluding carboxylic acids is 2. The van der Waals surface area contributed by atoms with Crippen molar-refractivity contribution < 1.29 is 14.3 Å². The Morgan fingerprint density at radius 2 is 1.57 bits per heavy atom. The monoisotopic (exact) mass is 378 g/mol. The molecule has 0 aliphatic carbocycles. The molecule has 0 unspecified atom stereocenters. The standard InChI is InChI=1S/C23H26N2O3/c1-3-4-5-6-15-20(23(27)28-2)25-22(26)21-16-11-7-9-13-18(16)24-19-14-10-8-12-17(19)21/h7-14,20H,3-6,15H2,1-2H3,(H,25,26)/t20-/m0/s1. The molecule has 0 radical (unpaired) electrons. The quantitative estimate of drug-likeness (QED) is 0.352. The first-order valence-electron chi connectivity index (χ1n) is 9.82. The normalized spacial score (nSPS) is 12.1. The van der Waals surface area contributed by atoms with Crippen molar-refractivity contribution in [1.29, 1.82) is 0 Å². The van der Waals surface area contributed by atoms with Crippen molar-refractivity contribution in [2.45, 2.75) is 45.1 Å². The Morgan fingerprint density at radius 3 is 2.14 bits per heavy atom. The van der Waals surface area contributed by atoms with Crippen molar-refractivity contribution in [3.05, 3.63) is 54.1 Å². The maximum atomic E-state index is 13.2. The molecule has 1 amide bonds. The minimum atomic E-state index is -0.653. The molecule has 146 valence electrons. The summed E-state index contributed by atoms with van der Waals surface area (Å²) < 4.78 is 4.92. The lowest BCUT2D eigenvalue weighted by atomic mass is 10.0. The van der Waals surface area contributed by atoms with Crippen LogP contribution < -0.4 is 5.32 Å². The summed E-state index contributed by atoms with van der Waals surface area (Å²) in [6, 6.07) is 14.5. The lowest BCUT2D eigenvalue weighted by Crippen LogP contribution is -2.41. The number of benzene rings is 2. The SMILES string of the molecule is CCCCCC[C@H](NC(=O)c1c2ccccc2nc2ccccc12)C(=O)OC. The third-order valence-electron chi connectivity index (χ3n) is 4.95. The van der Waals surface area contributed by atoms with Gasteiger partial charge >= 0.3 is 5.97 Å². The maximum absolute atomic E-state index is 13.2. The molecule has 28 heavy (non-hydrogen) atoms. The zero-order chi connectivity index (χ0) is 19.9. The summed E-state index contributed by atoms with van der Waals surface area (Å²) in [6.45, 7) is 2.14. The Morgan fingerprint density at radius 1 is 0.964 bits per heavy atom. The first kappa shape index (κ1) is 19.8. The van der Waals surface area contributed by atoms with E-state index in [1.807, 2.05) is 48.5 Å². The molecule has 0 saturated carbocycles. The molecule has 0 aliphatic rings. The molecule has 5 heteroatoms. The van der Waals surface area contributed by atoms with E-state index in [0.717, 1.165) is 47.5 Å². The molecule has 1 heterocycles. The number of hydrogen-bond acceptors (Lipinski definition) is 4. The van der Waals surface area contributed by atoms with Gasteiger partial charge < -0.3 is 10.1 Å². The number of ether oxygens (including phenoxy) is 1. The summed E-state index contributed by atoms with van der Waals surface area (Å²) in [5.41, 5.74) is 2.05. The molecule has 1 aromatic heterocycles. The van der Waals surface area contributed by atoms with Crippen LogP contribution in [0.1, 0.15) is 49.4 Å². The van der Waals surface area contributed by atoms with Crippen molar-refractivity contribution in [1.82, 2.24) is 10.3 Å². The average Bonchev–Trinajstić information content (AvgIpc) is 2.73. The van der Waals surface area contributed by atoms with E-state index in [2.05, 4.69) is 17.2 Å². The highest BCUT2D eigenvalue weighted by atomic mass is 16.5. The molecule has 1 N–H and O–H groups in total. The van der Waals surface area contributed by atoms with Crippen molar-refractivity contribution >= 4 is 33.7 Å². The Hall–Kier alpha value is -2.95. The summed E-state index contributed by atoms with van der Waals surface area (Å²) in [4.78, 5) is 30.1. The van der Waals surface area contributed by atoms with Gasteiger partial charge in [0.25, 0.3) is 5.91 Å². The molecular weight excluding hydrogens is 352 g/mol. The van der Waals surface area contributed by atoms with Crippen LogP contribution in [-0.2, 0) is 9.53 Å². The number of unbranched alkanes of at least 4 members (excludes halogenated alkanes) is 3. The average molecular weight is 378 g/mol. The van der Waals surface area contributed by atoms with E-state index in [4.69, 9.17) is 4.74 Å². The van der Waals surface area contributed by atoms with Crippen molar-refractivity contribution in [3.63, 3.8) is 0 Å². The van der Waals surface area contributed by atoms with Gasteiger partial charge in [-0.25, -0.2) is 9.78 Å². The van der Waals surface area contributed by atoms with Crippen LogP contribution in [0.3, 0.4) is 0 Å². The second-order valence-corrected chi connectivity index (χ2v) is 6.92. The lowest BCUT2D eigenvalue weighted by molar-refractivity contribution is -0.143. The predicted octanol–water partition coefficient (Wildman–Crippen LogP) is 4.63. The topological polar surface area (TPSA) is 68.3 Å². The van der Waals surface area contributed by atoms with Crippen LogP contribution >= 0.6 is 0 Å². The first-order chi connectivity index (χ1) is 13.7. The minimum Gasteiger partial charge on any atom is -0.467 e. The van der Waals surface area contributed by atoms with Crippen LogP contribution in [0.2, 0.25) is 0 Å². The van der Waals surface area contributed by atoms with E-state index >= 15 is 0 Å². The van der Waals surface area contributed by atoms with Gasteiger partial charge in [0.15, 0.2) is 0 Å². The number of amides is 1. The summed E-state index contributed by atoms with van der Waals surface area (Å²) in [5.74, 6) is -0.687. The van der Waals surface area contributed by atoms with Crippen LogP contribution in [0, 0.1) is 0 Å². The van der Waals surface area contributed by atoms with Gasteiger partial charge in [-0.1, -0.05) is 69.0 Å². The lowest BCUT2D eigenvalue weighted by Gasteiger charge is -2.18. The summed E-state index contributed by atoms with van der Waals surface area (Å²) in [7, 11) is 1.35. The molecular formula is C23H26N2O3. The Kier molecular flexibility index (Phi) is 6.58. The van der Waals surface area contributed by atoms with E-state index in [1.165, 1.54) is 7.11 Å². The van der Waals surface area contributed by atoms with Crippen LogP contribution in [0.5, 0.6) is 0 Å². The summed E-state index contributed by atoms with van der Waals surface area (Å²) in [6.07, 6.45) is 4.69. The molecule has 3 rings (SSSR count). The predicted molar refractivity (Wildman–Crippen MR) is 111 cm³/mol. The summed E-state index contributed by atoms with van der Waals surface area (Å²) >= 11 is 0. The van der Waals surface area contributed by atoms with Gasteiger partial charge in [0.05, 0.1) is 23.7 Å². The van der Waals surface area contributed by atoms with Crippen LogP contribution in [0.25, 0.3) is 21.8 Å². The number of pyridine rings is 1. The number of esters is 1. The van der Waals surface area contributed by atoms with Crippen LogP contribution in [-0.4, -0.2) is 30.0 Å². The van der Waals surface area contributed by atoms with E-state index in [1.54, 1.807) is 0 Å². The second-order valence-electron chi connectivity index (χ2n) is 6.92. The number of aromatic nitrogens is 1. The van der Waals surface area contributed by atoms with E-state index < -0.39 is 12.0 Å². The number of methoxy groups -OCH3 is 1. The van der Waals surface area contributed by atoms with Crippen molar-refractivity contribution in [2.75, 3.05) is 7.11 Å². The number of para-hydroxylation sites is 2. The van der Waals surface area contributed by atoms with Gasteiger partial charge in [-0.3, -0.25) is 4.79 Å². The number of carbonyl (C=O) groups is 2. The second kappa shape index (κ2) is 9.31. The number of fused-ring (bicyclic) bond motifs is 2. The van der Waals surface area contributed by atoms with Crippen LogP contribution in [0.15, 0.2) is 48.5 Å². The van der Waals surface area contributed by atoms with Crippen LogP contribution in [0.4, 0.5) is 0 Å². The maximum Gasteiger partial charge on any atom is 0.328 e. The molecule has 0 bridgehead atoms. The molecule has 0 aliphatic heterocycles. The van der Waals surface area contributed by atoms with Gasteiger partial charge in [0.1, 0.15) is 6.04 Å². The number of hydrogen-bond donors (Lipinski definition) is 1. The molecule has 0 spiro atoms. The van der Waals surface area contributed by atoms with Gasteiger partial charge in [0.2, 0.25) is 0 Å². The Labute approximate surface area is 165 Å². The molecule has 3 aromatic rings. The minimum absolute atomic E-state index is 0.277. The fraction of sp³-hybridized carbons (Fsp3) is 0.348. The smallest absolute Gasteiger partial charge is 0.328 e. The van der Waals surface area contributed by atoms with E-state index in [0.29, 0.717) is 12.0 Å². The van der Waals surface area contributed by atoms with Gasteiger partial charge in [-0.2, -0.15) is 0 Å². The highest BCUT2D eigenvalue weighted by Crippen LogP contribution is 2.26. The molecule has 0 fully saturated rings. The van der Waals surface area contributed by atoms with Gasteiger partial charge in [-0.15, -0.1) is 0 Å². The summed E-state index contributed by atoms with van der Waals surface area (Å²) in [5, 5.41) is 4.45. The largest absolute Gasteiger partial charge is 0.467 e. The molecule has 2 aromatic carbocycles. The van der Waals surface area contributed by atoms with Crippen molar-refractivity contribution in [3.8, 4) is 0 Å². The van der Waals surface area contributed by atoms with Gasteiger partial charge in [-0.05, 0) is 18.6 Å². The van der Waals surface area contributed by atoms with Gasteiger partial charge in [0, 0.05) is 10.8 Å². The highest BCUT2D eigenvalue weighted by molar-refractivity contribution is 6.16. The molecule has 1 atom stereocenters. The fourth-order valence-electron chi connectivity index (χ4n) is 3.48. The zero-order valence-corrected chi connectivity index (χ0v) is 16.4. The Bertz CT molecular complexity index is 930.